The van der Waals surface area contributed by atoms with Crippen LogP contribution in [0.2, 0.25) is 0 Å². The van der Waals surface area contributed by atoms with Gasteiger partial charge in [0, 0.05) is 23.4 Å². The summed E-state index contributed by atoms with van der Waals surface area (Å²) in [6.45, 7) is 1.57. The molecule has 0 aliphatic carbocycles. The van der Waals surface area contributed by atoms with Crippen LogP contribution < -0.4 is 4.74 Å². The Kier molecular flexibility index (Phi) is 4.73. The zero-order valence-electron chi connectivity index (χ0n) is 14.7. The summed E-state index contributed by atoms with van der Waals surface area (Å²) in [7, 11) is -3.35. The Labute approximate surface area is 166 Å². The molecule has 0 spiro atoms. The third-order valence-corrected chi connectivity index (χ3v) is 5.97. The number of nitrogens with zero attached hydrogens (tertiary/aromatic N) is 4. The van der Waals surface area contributed by atoms with Crippen LogP contribution >= 0.6 is 12.6 Å². The molecule has 0 bridgehead atoms. The van der Waals surface area contributed by atoms with Gasteiger partial charge in [-0.05, 0) is 18.2 Å². The first-order valence-electron chi connectivity index (χ1n) is 8.32. The van der Waals surface area contributed by atoms with Crippen molar-refractivity contribution in [1.29, 1.82) is 0 Å². The van der Waals surface area contributed by atoms with E-state index >= 15 is 0 Å². The van der Waals surface area contributed by atoms with Gasteiger partial charge in [-0.1, -0.05) is 6.92 Å². The molecule has 0 aliphatic rings. The summed E-state index contributed by atoms with van der Waals surface area (Å²) in [4.78, 5) is 20.6. The van der Waals surface area contributed by atoms with Crippen molar-refractivity contribution in [2.24, 2.45) is 0 Å². The molecule has 3 heterocycles. The molecule has 28 heavy (non-hydrogen) atoms. The van der Waals surface area contributed by atoms with Crippen LogP contribution in [0, 0.1) is 0 Å². The van der Waals surface area contributed by atoms with Gasteiger partial charge in [0.2, 0.25) is 0 Å². The highest BCUT2D eigenvalue weighted by atomic mass is 32.2. The average Bonchev–Trinajstić information content (AvgIpc) is 3.14. The van der Waals surface area contributed by atoms with Crippen LogP contribution in [0.25, 0.3) is 22.6 Å². The molecule has 0 unspecified atom stereocenters. The van der Waals surface area contributed by atoms with Gasteiger partial charge >= 0.3 is 0 Å². The number of aromatic nitrogens is 5. The van der Waals surface area contributed by atoms with Crippen LogP contribution in [0.4, 0.5) is 0 Å². The van der Waals surface area contributed by atoms with Crippen LogP contribution in [-0.2, 0) is 9.84 Å². The number of pyridine rings is 1. The molecule has 8 nitrogen and oxygen atoms in total. The number of sulfone groups is 1. The lowest BCUT2D eigenvalue weighted by Gasteiger charge is -2.07. The number of benzene rings is 1. The van der Waals surface area contributed by atoms with Crippen molar-refractivity contribution in [3.8, 4) is 23.0 Å². The van der Waals surface area contributed by atoms with E-state index in [1.807, 2.05) is 0 Å². The number of H-pyrrole nitrogens is 1. The fourth-order valence-corrected chi connectivity index (χ4v) is 3.65. The molecule has 0 aliphatic heterocycles. The Bertz CT molecular complexity index is 1240. The van der Waals surface area contributed by atoms with Gasteiger partial charge in [-0.25, -0.2) is 23.4 Å². The number of hydrogen-bond acceptors (Lipinski definition) is 8. The molecule has 0 saturated heterocycles. The topological polar surface area (TPSA) is 111 Å². The monoisotopic (exact) mass is 413 g/mol. The molecule has 3 aromatic heterocycles. The number of imidazole rings is 1. The summed E-state index contributed by atoms with van der Waals surface area (Å²) in [6.07, 6.45) is 6.18. The van der Waals surface area contributed by atoms with E-state index in [0.717, 1.165) is 5.52 Å². The van der Waals surface area contributed by atoms with Crippen molar-refractivity contribution in [2.75, 3.05) is 5.75 Å². The van der Waals surface area contributed by atoms with Gasteiger partial charge in [0.15, 0.2) is 20.7 Å². The van der Waals surface area contributed by atoms with Gasteiger partial charge in [0.1, 0.15) is 22.7 Å². The summed E-state index contributed by atoms with van der Waals surface area (Å²) in [6, 6.07) is 6.49. The van der Waals surface area contributed by atoms with Gasteiger partial charge < -0.3 is 9.72 Å². The number of thiol groups is 1. The van der Waals surface area contributed by atoms with E-state index in [2.05, 4.69) is 37.5 Å². The maximum absolute atomic E-state index is 11.8. The molecule has 0 atom stereocenters. The van der Waals surface area contributed by atoms with Gasteiger partial charge in [0.25, 0.3) is 0 Å². The molecule has 1 N–H and O–H groups in total. The standard InChI is InChI=1S/C18H15N5O3S2/c1-2-28(24,25)16-4-3-11(9-21-16)26-12-7-13-17(15(27)8-12)23-18(22-13)14-10-19-5-6-20-14/h3-10,27H,2H2,1H3,(H,22,23). The first kappa shape index (κ1) is 18.4. The lowest BCUT2D eigenvalue weighted by atomic mass is 10.3. The number of nitrogens with one attached hydrogen (secondary N) is 1. The fourth-order valence-electron chi connectivity index (χ4n) is 2.57. The Balaban J connectivity index is 1.64. The van der Waals surface area contributed by atoms with Crippen LogP contribution in [0.1, 0.15) is 6.92 Å². The summed E-state index contributed by atoms with van der Waals surface area (Å²) >= 11 is 4.49. The highest BCUT2D eigenvalue weighted by Crippen LogP contribution is 2.31. The Morgan fingerprint density at radius 1 is 1.11 bits per heavy atom. The molecule has 0 amide bonds. The summed E-state index contributed by atoms with van der Waals surface area (Å²) in [5, 5.41) is 0.0230. The van der Waals surface area contributed by atoms with E-state index in [1.54, 1.807) is 43.7 Å². The molecule has 4 aromatic rings. The third-order valence-electron chi connectivity index (χ3n) is 3.99. The second kappa shape index (κ2) is 7.21. The second-order valence-electron chi connectivity index (χ2n) is 5.85. The van der Waals surface area contributed by atoms with Crippen molar-refractivity contribution in [1.82, 2.24) is 24.9 Å². The molecule has 0 radical (unpaired) electrons. The first-order valence-corrected chi connectivity index (χ1v) is 10.4. The van der Waals surface area contributed by atoms with E-state index in [9.17, 15) is 8.42 Å². The minimum Gasteiger partial charge on any atom is -0.456 e. The molecule has 1 aromatic carbocycles. The van der Waals surface area contributed by atoms with Gasteiger partial charge in [-0.2, -0.15) is 0 Å². The number of rotatable bonds is 5. The zero-order chi connectivity index (χ0) is 19.7. The lowest BCUT2D eigenvalue weighted by molar-refractivity contribution is 0.478. The smallest absolute Gasteiger partial charge is 0.195 e. The predicted octanol–water partition coefficient (Wildman–Crippen LogP) is 3.29. The predicted molar refractivity (Wildman–Crippen MR) is 106 cm³/mol. The van der Waals surface area contributed by atoms with E-state index in [0.29, 0.717) is 33.4 Å². The second-order valence-corrected chi connectivity index (χ2v) is 8.56. The highest BCUT2D eigenvalue weighted by Gasteiger charge is 2.14. The molecule has 0 fully saturated rings. The van der Waals surface area contributed by atoms with Crippen molar-refractivity contribution < 1.29 is 13.2 Å². The quantitative estimate of drug-likeness (QED) is 0.483. The van der Waals surface area contributed by atoms with Crippen molar-refractivity contribution in [3.63, 3.8) is 0 Å². The molecule has 142 valence electrons. The normalized spacial score (nSPS) is 11.6. The Morgan fingerprint density at radius 2 is 1.96 bits per heavy atom. The van der Waals surface area contributed by atoms with Crippen molar-refractivity contribution in [2.45, 2.75) is 16.8 Å². The van der Waals surface area contributed by atoms with Crippen LogP contribution in [0.15, 0.2) is 59.0 Å². The number of fused-ring (bicyclic) bond motifs is 1. The average molecular weight is 413 g/mol. The molecule has 10 heteroatoms. The van der Waals surface area contributed by atoms with Gasteiger partial charge in [-0.15, -0.1) is 12.6 Å². The number of aromatic amines is 1. The van der Waals surface area contributed by atoms with Gasteiger partial charge in [0.05, 0.1) is 23.7 Å². The van der Waals surface area contributed by atoms with Crippen LogP contribution in [-0.4, -0.2) is 39.1 Å². The maximum Gasteiger partial charge on any atom is 0.195 e. The van der Waals surface area contributed by atoms with Crippen molar-refractivity contribution in [3.05, 3.63) is 49.1 Å². The number of ether oxygens (including phenoxy) is 1. The number of hydrogen-bond donors (Lipinski definition) is 2. The fraction of sp³-hybridized carbons (Fsp3) is 0.111. The maximum atomic E-state index is 11.8. The van der Waals surface area contributed by atoms with Gasteiger partial charge in [-0.3, -0.25) is 4.98 Å². The third kappa shape index (κ3) is 3.56. The minimum absolute atomic E-state index is 0.00612. The zero-order valence-corrected chi connectivity index (χ0v) is 16.4. The lowest BCUT2D eigenvalue weighted by Crippen LogP contribution is -2.05. The first-order chi connectivity index (χ1) is 13.5. The van der Waals surface area contributed by atoms with E-state index in [-0.39, 0.29) is 10.8 Å². The summed E-state index contributed by atoms with van der Waals surface area (Å²) < 4.78 is 29.5. The van der Waals surface area contributed by atoms with Crippen LogP contribution in [0.5, 0.6) is 11.5 Å². The van der Waals surface area contributed by atoms with E-state index in [4.69, 9.17) is 4.74 Å². The highest BCUT2D eigenvalue weighted by molar-refractivity contribution is 7.91. The summed E-state index contributed by atoms with van der Waals surface area (Å²) in [5.74, 6) is 1.50. The Morgan fingerprint density at radius 3 is 2.64 bits per heavy atom. The van der Waals surface area contributed by atoms with Crippen LogP contribution in [0.3, 0.4) is 0 Å². The molecular weight excluding hydrogens is 398 g/mol. The summed E-state index contributed by atoms with van der Waals surface area (Å²) in [5.41, 5.74) is 2.02. The largest absolute Gasteiger partial charge is 0.456 e. The molecule has 0 saturated carbocycles. The minimum atomic E-state index is -3.35. The molecular formula is C18H15N5O3S2. The van der Waals surface area contributed by atoms with E-state index < -0.39 is 9.84 Å². The van der Waals surface area contributed by atoms with E-state index in [1.165, 1.54) is 12.3 Å². The Hall–Kier alpha value is -2.98. The molecule has 4 rings (SSSR count). The van der Waals surface area contributed by atoms with Crippen molar-refractivity contribution >= 4 is 33.5 Å². The SMILES string of the molecule is CCS(=O)(=O)c1ccc(Oc2cc(S)c3nc(-c4cnccn4)[nH]c3c2)cn1.